The van der Waals surface area contributed by atoms with Crippen molar-refractivity contribution in [3.05, 3.63) is 11.6 Å². The van der Waals surface area contributed by atoms with Gasteiger partial charge in [0.15, 0.2) is 0 Å². The number of hydrogen-bond donors (Lipinski definition) is 1. The third kappa shape index (κ3) is 5.24. The quantitative estimate of drug-likeness (QED) is 0.387. The normalized spacial score (nSPS) is 42.4. The molecule has 5 heteroatoms. The molecular weight excluding hydrogens is 484 g/mol. The fourth-order valence-corrected chi connectivity index (χ4v) is 10.6. The van der Waals surface area contributed by atoms with Gasteiger partial charge in [-0.25, -0.2) is 0 Å². The van der Waals surface area contributed by atoms with Gasteiger partial charge >= 0.3 is 0 Å². The lowest BCUT2D eigenvalue weighted by Gasteiger charge is -2.58. The Labute approximate surface area is 238 Å². The van der Waals surface area contributed by atoms with Gasteiger partial charge in [0.05, 0.1) is 6.10 Å². The molecule has 2 amide bonds. The van der Waals surface area contributed by atoms with E-state index in [0.29, 0.717) is 41.2 Å². The first-order chi connectivity index (χ1) is 18.5. The van der Waals surface area contributed by atoms with E-state index in [4.69, 9.17) is 0 Å². The van der Waals surface area contributed by atoms with Crippen molar-refractivity contribution < 1.29 is 14.7 Å². The Balaban J connectivity index is 1.15. The van der Waals surface area contributed by atoms with Crippen molar-refractivity contribution >= 4 is 11.8 Å². The first-order valence-electron chi connectivity index (χ1n) is 16.3. The van der Waals surface area contributed by atoms with E-state index in [-0.39, 0.29) is 12.0 Å². The van der Waals surface area contributed by atoms with Crippen LogP contribution in [-0.4, -0.2) is 59.0 Å². The maximum absolute atomic E-state index is 13.3. The van der Waals surface area contributed by atoms with Gasteiger partial charge in [0, 0.05) is 39.5 Å². The van der Waals surface area contributed by atoms with Crippen LogP contribution in [0.5, 0.6) is 0 Å². The molecule has 1 N–H and O–H groups in total. The van der Waals surface area contributed by atoms with Gasteiger partial charge in [-0.3, -0.25) is 9.59 Å². The molecule has 39 heavy (non-hydrogen) atoms. The number of carbonyl (C=O) groups is 2. The summed E-state index contributed by atoms with van der Waals surface area (Å²) in [5.74, 6) is 4.17. The molecule has 5 aliphatic carbocycles. The molecule has 0 spiro atoms. The van der Waals surface area contributed by atoms with Gasteiger partial charge in [0.2, 0.25) is 11.8 Å². The van der Waals surface area contributed by atoms with Gasteiger partial charge in [-0.1, -0.05) is 32.4 Å². The minimum absolute atomic E-state index is 0.128. The molecule has 0 saturated heterocycles. The standard InChI is InChI=1S/C34H56N2O3/c1-22(7-16-32(39)36(6)26-11-9-25(10-12-26)35(5)23(2)37)29-14-15-30-28-13-8-24-21-27(38)17-19-33(24,3)31(28)18-20-34(29,30)4/h8,22,25-31,38H,7,9-21H2,1-6H3/t22-,25-,26+,27+,28+,29-,30+,31+,33+,34-/m1/s1. The number of allylic oxidation sites excluding steroid dienone is 1. The molecule has 0 aromatic heterocycles. The van der Waals surface area contributed by atoms with Crippen LogP contribution in [0.3, 0.4) is 0 Å². The van der Waals surface area contributed by atoms with Crippen LogP contribution in [-0.2, 0) is 9.59 Å². The summed E-state index contributed by atoms with van der Waals surface area (Å²) in [6, 6.07) is 0.645. The van der Waals surface area contributed by atoms with Gasteiger partial charge in [-0.2, -0.15) is 0 Å². The summed E-state index contributed by atoms with van der Waals surface area (Å²) in [6.45, 7) is 9.21. The van der Waals surface area contributed by atoms with Gasteiger partial charge < -0.3 is 14.9 Å². The second-order valence-electron chi connectivity index (χ2n) is 15.0. The second-order valence-corrected chi connectivity index (χ2v) is 15.0. The first-order valence-corrected chi connectivity index (χ1v) is 16.3. The highest BCUT2D eigenvalue weighted by molar-refractivity contribution is 5.76. The summed E-state index contributed by atoms with van der Waals surface area (Å²) in [5, 5.41) is 10.3. The molecule has 4 fully saturated rings. The maximum Gasteiger partial charge on any atom is 0.222 e. The molecule has 0 bridgehead atoms. The lowest BCUT2D eigenvalue weighted by molar-refractivity contribution is -0.135. The maximum atomic E-state index is 13.3. The fraction of sp³-hybridized carbons (Fsp3) is 0.882. The van der Waals surface area contributed by atoms with E-state index in [1.807, 2.05) is 23.9 Å². The van der Waals surface area contributed by atoms with Crippen molar-refractivity contribution in [1.29, 1.82) is 0 Å². The zero-order valence-electron chi connectivity index (χ0n) is 25.8. The van der Waals surface area contributed by atoms with Gasteiger partial charge in [0.25, 0.3) is 0 Å². The summed E-state index contributed by atoms with van der Waals surface area (Å²) in [7, 11) is 3.92. The van der Waals surface area contributed by atoms with Crippen molar-refractivity contribution in [2.75, 3.05) is 14.1 Å². The van der Waals surface area contributed by atoms with Crippen molar-refractivity contribution in [2.45, 2.75) is 136 Å². The van der Waals surface area contributed by atoms with E-state index in [9.17, 15) is 14.7 Å². The molecule has 0 heterocycles. The zero-order chi connectivity index (χ0) is 28.1. The average molecular weight is 541 g/mol. The number of fused-ring (bicyclic) bond motifs is 5. The molecule has 0 unspecified atom stereocenters. The summed E-state index contributed by atoms with van der Waals surface area (Å²) in [6.07, 6.45) is 17.7. The lowest BCUT2D eigenvalue weighted by atomic mass is 9.47. The Kier molecular flexibility index (Phi) is 8.32. The van der Waals surface area contributed by atoms with Crippen molar-refractivity contribution in [2.24, 2.45) is 40.4 Å². The number of amides is 2. The van der Waals surface area contributed by atoms with Crippen LogP contribution in [0.2, 0.25) is 0 Å². The molecule has 0 aromatic rings. The van der Waals surface area contributed by atoms with Gasteiger partial charge in [0.1, 0.15) is 0 Å². The lowest BCUT2D eigenvalue weighted by Crippen LogP contribution is -2.50. The van der Waals surface area contributed by atoms with Crippen molar-refractivity contribution in [1.82, 2.24) is 9.80 Å². The summed E-state index contributed by atoms with van der Waals surface area (Å²) in [4.78, 5) is 28.9. The molecule has 5 rings (SSSR count). The SMILES string of the molecule is CC(=O)N(C)[C@H]1CC[C@@H](N(C)C(=O)CC[C@@H](C)[C@H]2CC[C@H]3[C@@H]4CC=C5C[C@@H](O)CC[C@]5(C)[C@H]4CC[C@]23C)CC1. The highest BCUT2D eigenvalue weighted by Gasteiger charge is 2.59. The van der Waals surface area contributed by atoms with Crippen molar-refractivity contribution in [3.8, 4) is 0 Å². The number of carbonyl (C=O) groups excluding carboxylic acids is 2. The zero-order valence-corrected chi connectivity index (χ0v) is 25.8. The van der Waals surface area contributed by atoms with Crippen LogP contribution in [0.1, 0.15) is 118 Å². The fourth-order valence-electron chi connectivity index (χ4n) is 10.6. The summed E-state index contributed by atoms with van der Waals surface area (Å²) < 4.78 is 0. The minimum Gasteiger partial charge on any atom is -0.393 e. The number of hydrogen-bond acceptors (Lipinski definition) is 3. The number of aliphatic hydroxyl groups is 1. The molecule has 0 radical (unpaired) electrons. The monoisotopic (exact) mass is 540 g/mol. The Bertz CT molecular complexity index is 954. The summed E-state index contributed by atoms with van der Waals surface area (Å²) in [5.41, 5.74) is 2.29. The third-order valence-electron chi connectivity index (χ3n) is 13.3. The first kappa shape index (κ1) is 29.1. The molecule has 5 nitrogen and oxygen atoms in total. The molecule has 220 valence electrons. The van der Waals surface area contributed by atoms with Crippen LogP contribution in [0, 0.1) is 40.4 Å². The van der Waals surface area contributed by atoms with Gasteiger partial charge in [-0.15, -0.1) is 0 Å². The van der Waals surface area contributed by atoms with E-state index >= 15 is 0 Å². The summed E-state index contributed by atoms with van der Waals surface area (Å²) >= 11 is 0. The van der Waals surface area contributed by atoms with Crippen LogP contribution in [0.4, 0.5) is 0 Å². The van der Waals surface area contributed by atoms with Crippen LogP contribution in [0.25, 0.3) is 0 Å². The van der Waals surface area contributed by atoms with E-state index in [1.165, 1.54) is 32.1 Å². The van der Waals surface area contributed by atoms with Crippen LogP contribution in [0.15, 0.2) is 11.6 Å². The Hall–Kier alpha value is -1.36. The Morgan fingerprint density at radius 2 is 1.62 bits per heavy atom. The van der Waals surface area contributed by atoms with E-state index in [0.717, 1.165) is 75.0 Å². The number of nitrogens with zero attached hydrogens (tertiary/aromatic N) is 2. The molecule has 4 saturated carbocycles. The highest BCUT2D eigenvalue weighted by atomic mass is 16.3. The number of aliphatic hydroxyl groups excluding tert-OH is 1. The second kappa shape index (κ2) is 11.1. The smallest absolute Gasteiger partial charge is 0.222 e. The van der Waals surface area contributed by atoms with Gasteiger partial charge in [-0.05, 0) is 124 Å². The number of rotatable bonds is 6. The molecule has 5 aliphatic rings. The van der Waals surface area contributed by atoms with E-state index in [2.05, 4.69) is 26.8 Å². The molecular formula is C34H56N2O3. The largest absolute Gasteiger partial charge is 0.393 e. The third-order valence-corrected chi connectivity index (χ3v) is 13.3. The molecule has 8 atom stereocenters. The minimum atomic E-state index is -0.128. The van der Waals surface area contributed by atoms with E-state index < -0.39 is 0 Å². The highest BCUT2D eigenvalue weighted by Crippen LogP contribution is 2.67. The van der Waals surface area contributed by atoms with E-state index in [1.54, 1.807) is 12.5 Å². The van der Waals surface area contributed by atoms with Crippen molar-refractivity contribution in [3.63, 3.8) is 0 Å². The molecule has 0 aliphatic heterocycles. The molecule has 0 aromatic carbocycles. The Morgan fingerprint density at radius 1 is 0.949 bits per heavy atom. The predicted molar refractivity (Wildman–Crippen MR) is 157 cm³/mol. The van der Waals surface area contributed by atoms with Crippen LogP contribution >= 0.6 is 0 Å². The Morgan fingerprint density at radius 3 is 2.28 bits per heavy atom. The topological polar surface area (TPSA) is 60.9 Å². The van der Waals surface area contributed by atoms with Crippen LogP contribution < -0.4 is 0 Å². The average Bonchev–Trinajstić information content (AvgIpc) is 3.28. The predicted octanol–water partition coefficient (Wildman–Crippen LogP) is 6.59.